The highest BCUT2D eigenvalue weighted by Crippen LogP contribution is 2.05. The summed E-state index contributed by atoms with van der Waals surface area (Å²) in [5.74, 6) is 0.277. The number of rotatable bonds is 1. The van der Waals surface area contributed by atoms with Crippen LogP contribution in [0, 0.1) is 0 Å². The molecule has 3 nitrogen and oxygen atoms in total. The molecule has 0 N–H and O–H groups in total. The number of ketones is 1. The van der Waals surface area contributed by atoms with Crippen LogP contribution in [0.25, 0.3) is 0 Å². The number of carbonyl (C=O) groups is 1. The van der Waals surface area contributed by atoms with Gasteiger partial charge in [0, 0.05) is 19.6 Å². The lowest BCUT2D eigenvalue weighted by molar-refractivity contribution is -0.123. The predicted molar refractivity (Wildman–Crippen MR) is 44.6 cm³/mol. The first-order valence-corrected chi connectivity index (χ1v) is 4.00. The van der Waals surface area contributed by atoms with E-state index in [0.717, 1.165) is 19.6 Å². The number of Topliss-reactive ketones (excluding diaryl/α,β-unsaturated/α-hetero) is 1. The molecule has 3 heteroatoms. The van der Waals surface area contributed by atoms with Gasteiger partial charge in [0.25, 0.3) is 0 Å². The van der Waals surface area contributed by atoms with Crippen molar-refractivity contribution in [2.24, 2.45) is 0 Å². The fourth-order valence-corrected chi connectivity index (χ4v) is 1.45. The maximum absolute atomic E-state index is 11.1. The average Bonchev–Trinajstić information content (AvgIpc) is 1.94. The van der Waals surface area contributed by atoms with Crippen molar-refractivity contribution in [2.75, 3.05) is 33.7 Å². The number of likely N-dealkylation sites (N-methyl/N-ethyl adjacent to an activating group) is 2. The quantitative estimate of drug-likeness (QED) is 0.526. The van der Waals surface area contributed by atoms with Crippen LogP contribution in [0.2, 0.25) is 0 Å². The number of nitrogens with zero attached hydrogens (tertiary/aromatic N) is 2. The maximum Gasteiger partial charge on any atom is 0.148 e. The highest BCUT2D eigenvalue weighted by molar-refractivity contribution is 5.81. The van der Waals surface area contributed by atoms with Crippen LogP contribution in [0.1, 0.15) is 6.92 Å². The van der Waals surface area contributed by atoms with Crippen molar-refractivity contribution in [1.82, 2.24) is 9.80 Å². The van der Waals surface area contributed by atoms with Gasteiger partial charge in [0.2, 0.25) is 0 Å². The predicted octanol–water partition coefficient (Wildman–Crippen LogP) is -0.179. The van der Waals surface area contributed by atoms with Crippen molar-refractivity contribution in [2.45, 2.75) is 13.0 Å². The van der Waals surface area contributed by atoms with Crippen LogP contribution in [0.3, 0.4) is 0 Å². The Morgan fingerprint density at radius 1 is 1.36 bits per heavy atom. The summed E-state index contributed by atoms with van der Waals surface area (Å²) < 4.78 is 0. The van der Waals surface area contributed by atoms with E-state index in [2.05, 4.69) is 16.8 Å². The second-order valence-electron chi connectivity index (χ2n) is 3.37. The first-order chi connectivity index (χ1) is 5.11. The second-order valence-corrected chi connectivity index (χ2v) is 3.37. The molecule has 1 aliphatic heterocycles. The molecule has 1 atom stereocenters. The van der Waals surface area contributed by atoms with Gasteiger partial charge in [-0.2, -0.15) is 0 Å². The molecular formula is C8H16N2O. The summed E-state index contributed by atoms with van der Waals surface area (Å²) in [6, 6.07) is 0.119. The monoisotopic (exact) mass is 156 g/mol. The first-order valence-electron chi connectivity index (χ1n) is 4.00. The summed E-state index contributed by atoms with van der Waals surface area (Å²) in [7, 11) is 4.07. The lowest BCUT2D eigenvalue weighted by atomic mass is 10.1. The average molecular weight is 156 g/mol. The van der Waals surface area contributed by atoms with Gasteiger partial charge in [-0.05, 0) is 21.0 Å². The van der Waals surface area contributed by atoms with E-state index in [0.29, 0.717) is 0 Å². The topological polar surface area (TPSA) is 23.6 Å². The Bertz CT molecular complexity index is 158. The smallest absolute Gasteiger partial charge is 0.148 e. The molecule has 11 heavy (non-hydrogen) atoms. The van der Waals surface area contributed by atoms with Crippen LogP contribution < -0.4 is 0 Å². The molecule has 0 spiro atoms. The Morgan fingerprint density at radius 2 is 2.00 bits per heavy atom. The van der Waals surface area contributed by atoms with E-state index in [-0.39, 0.29) is 11.8 Å². The van der Waals surface area contributed by atoms with Crippen LogP contribution in [-0.2, 0) is 4.79 Å². The molecule has 0 unspecified atom stereocenters. The zero-order valence-electron chi connectivity index (χ0n) is 7.50. The first kappa shape index (κ1) is 8.68. The van der Waals surface area contributed by atoms with Crippen LogP contribution in [0.5, 0.6) is 0 Å². The molecule has 1 aliphatic rings. The summed E-state index contributed by atoms with van der Waals surface area (Å²) in [4.78, 5) is 15.4. The molecule has 0 radical (unpaired) electrons. The Labute approximate surface area is 68.0 Å². The van der Waals surface area contributed by atoms with Crippen LogP contribution in [0.15, 0.2) is 0 Å². The second kappa shape index (κ2) is 3.32. The van der Waals surface area contributed by atoms with E-state index < -0.39 is 0 Å². The highest BCUT2D eigenvalue weighted by Gasteiger charge is 2.25. The molecule has 0 aromatic heterocycles. The van der Waals surface area contributed by atoms with E-state index in [1.54, 1.807) is 6.92 Å². The van der Waals surface area contributed by atoms with Crippen molar-refractivity contribution >= 4 is 5.78 Å². The van der Waals surface area contributed by atoms with Gasteiger partial charge in [-0.1, -0.05) is 0 Å². The van der Waals surface area contributed by atoms with Crippen molar-refractivity contribution in [3.8, 4) is 0 Å². The standard InChI is InChI=1S/C8H16N2O/c1-7(11)8-6-9(2)4-5-10(8)3/h8H,4-6H2,1-3H3/t8-/m0/s1. The van der Waals surface area contributed by atoms with Gasteiger partial charge < -0.3 is 4.90 Å². The fraction of sp³-hybridized carbons (Fsp3) is 0.875. The van der Waals surface area contributed by atoms with E-state index in [1.807, 2.05) is 7.05 Å². The SMILES string of the molecule is CC(=O)[C@@H]1CN(C)CCN1C. The van der Waals surface area contributed by atoms with E-state index in [4.69, 9.17) is 0 Å². The van der Waals surface area contributed by atoms with Gasteiger partial charge in [-0.25, -0.2) is 0 Å². The number of piperazine rings is 1. The summed E-state index contributed by atoms with van der Waals surface area (Å²) in [6.45, 7) is 4.62. The summed E-state index contributed by atoms with van der Waals surface area (Å²) >= 11 is 0. The zero-order chi connectivity index (χ0) is 8.43. The Morgan fingerprint density at radius 3 is 2.45 bits per heavy atom. The zero-order valence-corrected chi connectivity index (χ0v) is 7.50. The number of hydrogen-bond acceptors (Lipinski definition) is 3. The van der Waals surface area contributed by atoms with E-state index in [9.17, 15) is 4.79 Å². The minimum atomic E-state index is 0.119. The van der Waals surface area contributed by atoms with Gasteiger partial charge in [-0.3, -0.25) is 9.69 Å². The largest absolute Gasteiger partial charge is 0.303 e. The lowest BCUT2D eigenvalue weighted by Crippen LogP contribution is -2.52. The summed E-state index contributed by atoms with van der Waals surface area (Å²) in [5.41, 5.74) is 0. The van der Waals surface area contributed by atoms with Crippen LogP contribution in [0.4, 0.5) is 0 Å². The fourth-order valence-electron chi connectivity index (χ4n) is 1.45. The Hall–Kier alpha value is -0.410. The number of hydrogen-bond donors (Lipinski definition) is 0. The van der Waals surface area contributed by atoms with Crippen LogP contribution >= 0.6 is 0 Å². The van der Waals surface area contributed by atoms with Crippen LogP contribution in [-0.4, -0.2) is 55.4 Å². The summed E-state index contributed by atoms with van der Waals surface area (Å²) in [5, 5.41) is 0. The molecule has 0 amide bonds. The minimum Gasteiger partial charge on any atom is -0.303 e. The molecule has 1 fully saturated rings. The van der Waals surface area contributed by atoms with Gasteiger partial charge in [0.1, 0.15) is 5.78 Å². The molecule has 0 aromatic rings. The number of carbonyl (C=O) groups excluding carboxylic acids is 1. The van der Waals surface area contributed by atoms with Gasteiger partial charge in [-0.15, -0.1) is 0 Å². The molecule has 1 rings (SSSR count). The maximum atomic E-state index is 11.1. The Kier molecular flexibility index (Phi) is 2.62. The molecule has 0 aromatic carbocycles. The van der Waals surface area contributed by atoms with E-state index in [1.165, 1.54) is 0 Å². The summed E-state index contributed by atoms with van der Waals surface area (Å²) in [6.07, 6.45) is 0. The van der Waals surface area contributed by atoms with Gasteiger partial charge in [0.05, 0.1) is 6.04 Å². The van der Waals surface area contributed by atoms with Crippen molar-refractivity contribution in [3.05, 3.63) is 0 Å². The van der Waals surface area contributed by atoms with Gasteiger partial charge in [0.15, 0.2) is 0 Å². The van der Waals surface area contributed by atoms with Crippen molar-refractivity contribution in [3.63, 3.8) is 0 Å². The van der Waals surface area contributed by atoms with Crippen molar-refractivity contribution in [1.29, 1.82) is 0 Å². The molecule has 0 aliphatic carbocycles. The van der Waals surface area contributed by atoms with E-state index >= 15 is 0 Å². The third-order valence-corrected chi connectivity index (χ3v) is 2.32. The molecule has 0 bridgehead atoms. The normalized spacial score (nSPS) is 28.8. The molecule has 1 heterocycles. The van der Waals surface area contributed by atoms with Crippen molar-refractivity contribution < 1.29 is 4.79 Å². The minimum absolute atomic E-state index is 0.119. The highest BCUT2D eigenvalue weighted by atomic mass is 16.1. The Balaban J connectivity index is 2.54. The molecule has 1 saturated heterocycles. The third kappa shape index (κ3) is 2.01. The lowest BCUT2D eigenvalue weighted by Gasteiger charge is -2.36. The molecule has 64 valence electrons. The molecule has 0 saturated carbocycles. The van der Waals surface area contributed by atoms with Gasteiger partial charge >= 0.3 is 0 Å². The molecular weight excluding hydrogens is 140 g/mol. The third-order valence-electron chi connectivity index (χ3n) is 2.32.